The molecule has 1 aliphatic heterocycles. The standard InChI is InChI=1S/C31H26ClN3.C15H16N2.C3H4/c1-33-22-23-18-27(21-28(32)19-23)25-14-15-31-26(20-25)13-12-24(30-11-5-6-16-34-30)8-7-17-35(31)29-9-3-2-4-10-29;1-16-15(14-10-6-3-7-11-14)17-12-13-8-4-2-5-9-13;1-3-2/h2-12,14-16,18-21H,1,13,17,22H2;2-11,15,17H,1,12H2;1H,2H3/b8-7-,24-12+;;. The molecular weight excluding hydrogens is 694 g/mol. The Morgan fingerprint density at radius 2 is 1.51 bits per heavy atom. The van der Waals surface area contributed by atoms with Gasteiger partial charge in [0, 0.05) is 35.7 Å². The maximum absolute atomic E-state index is 6.44. The molecule has 6 heteroatoms. The SMILES string of the molecule is C#CC.C=NC(NCc1ccccc1)c1ccccc1.C=NCc1cc(Cl)cc(-c2ccc3c(c2)C/C=C(c2ccccn2)\C=C/CN3c2ccccc2)c1. The van der Waals surface area contributed by atoms with Crippen molar-refractivity contribution in [2.75, 3.05) is 11.4 Å². The van der Waals surface area contributed by atoms with Crippen LogP contribution < -0.4 is 10.2 Å². The third kappa shape index (κ3) is 11.8. The van der Waals surface area contributed by atoms with Crippen LogP contribution in [0.4, 0.5) is 11.4 Å². The normalized spacial score (nSPS) is 13.8. The first-order valence-corrected chi connectivity index (χ1v) is 18.5. The van der Waals surface area contributed by atoms with Crippen LogP contribution in [0.3, 0.4) is 0 Å². The summed E-state index contributed by atoms with van der Waals surface area (Å²) in [6, 6.07) is 49.7. The van der Waals surface area contributed by atoms with Crippen LogP contribution in [-0.4, -0.2) is 25.0 Å². The van der Waals surface area contributed by atoms with Crippen molar-refractivity contribution in [2.45, 2.75) is 32.6 Å². The molecule has 0 fully saturated rings. The number of anilines is 2. The monoisotopic (exact) mass is 739 g/mol. The number of nitrogens with one attached hydrogen (secondary N) is 1. The highest BCUT2D eigenvalue weighted by Crippen LogP contribution is 2.35. The summed E-state index contributed by atoms with van der Waals surface area (Å²) < 4.78 is 0. The molecule has 1 N–H and O–H groups in total. The molecule has 0 saturated carbocycles. The summed E-state index contributed by atoms with van der Waals surface area (Å²) in [5.74, 6) is 2.25. The summed E-state index contributed by atoms with van der Waals surface area (Å²) in [5.41, 5.74) is 11.3. The van der Waals surface area contributed by atoms with Crippen LogP contribution in [0.1, 0.15) is 41.0 Å². The van der Waals surface area contributed by atoms with Crippen LogP contribution in [-0.2, 0) is 19.5 Å². The molecule has 6 aromatic rings. The summed E-state index contributed by atoms with van der Waals surface area (Å²) in [7, 11) is 0. The van der Waals surface area contributed by atoms with Gasteiger partial charge >= 0.3 is 0 Å². The van der Waals surface area contributed by atoms with Gasteiger partial charge in [0.1, 0.15) is 6.17 Å². The first-order valence-electron chi connectivity index (χ1n) is 18.1. The molecule has 0 bridgehead atoms. The minimum absolute atomic E-state index is 0.0450. The number of benzene rings is 5. The van der Waals surface area contributed by atoms with Gasteiger partial charge in [-0.25, -0.2) is 0 Å². The summed E-state index contributed by atoms with van der Waals surface area (Å²) in [6.07, 6.45) is 13.8. The number of aliphatic imine (C=N–C) groups is 2. The van der Waals surface area contributed by atoms with Crippen molar-refractivity contribution < 1.29 is 0 Å². The average molecular weight is 740 g/mol. The van der Waals surface area contributed by atoms with E-state index in [1.165, 1.54) is 16.8 Å². The van der Waals surface area contributed by atoms with Gasteiger partial charge < -0.3 is 4.90 Å². The van der Waals surface area contributed by atoms with E-state index in [0.29, 0.717) is 11.6 Å². The lowest BCUT2D eigenvalue weighted by molar-refractivity contribution is 0.557. The third-order valence-corrected chi connectivity index (χ3v) is 8.97. The van der Waals surface area contributed by atoms with Gasteiger partial charge in [0.15, 0.2) is 0 Å². The zero-order chi connectivity index (χ0) is 38.7. The second-order valence-corrected chi connectivity index (χ2v) is 13.1. The minimum atomic E-state index is -0.0450. The van der Waals surface area contributed by atoms with E-state index in [1.54, 1.807) is 6.92 Å². The lowest BCUT2D eigenvalue weighted by Gasteiger charge is -2.26. The van der Waals surface area contributed by atoms with Crippen LogP contribution in [0.25, 0.3) is 16.7 Å². The van der Waals surface area contributed by atoms with Crippen LogP contribution in [0, 0.1) is 12.3 Å². The smallest absolute Gasteiger partial charge is 0.125 e. The topological polar surface area (TPSA) is 52.9 Å². The van der Waals surface area contributed by atoms with Crippen molar-refractivity contribution in [1.82, 2.24) is 10.3 Å². The molecule has 0 spiro atoms. The number of rotatable bonds is 10. The van der Waals surface area contributed by atoms with Gasteiger partial charge in [-0.1, -0.05) is 121 Å². The maximum Gasteiger partial charge on any atom is 0.125 e. The lowest BCUT2D eigenvalue weighted by Crippen LogP contribution is -2.18. The summed E-state index contributed by atoms with van der Waals surface area (Å²) in [4.78, 5) is 15.1. The highest BCUT2D eigenvalue weighted by atomic mass is 35.5. The predicted molar refractivity (Wildman–Crippen MR) is 235 cm³/mol. The maximum atomic E-state index is 6.44. The number of hydrogen-bond donors (Lipinski definition) is 1. The van der Waals surface area contributed by atoms with Crippen molar-refractivity contribution in [2.24, 2.45) is 9.98 Å². The molecule has 0 saturated heterocycles. The Hall–Kier alpha value is -6.32. The van der Waals surface area contributed by atoms with Crippen LogP contribution >= 0.6 is 11.6 Å². The van der Waals surface area contributed by atoms with Crippen molar-refractivity contribution in [1.29, 1.82) is 0 Å². The number of terminal acetylenes is 1. The van der Waals surface area contributed by atoms with Gasteiger partial charge in [0.2, 0.25) is 0 Å². The van der Waals surface area contributed by atoms with E-state index >= 15 is 0 Å². The fourth-order valence-electron chi connectivity index (χ4n) is 6.21. The van der Waals surface area contributed by atoms with Crippen LogP contribution in [0.2, 0.25) is 5.02 Å². The Morgan fingerprint density at radius 1 is 0.818 bits per heavy atom. The zero-order valence-electron chi connectivity index (χ0n) is 31.2. The van der Waals surface area contributed by atoms with E-state index in [0.717, 1.165) is 58.7 Å². The van der Waals surface area contributed by atoms with Crippen LogP contribution in [0.5, 0.6) is 0 Å². The van der Waals surface area contributed by atoms with Gasteiger partial charge in [-0.05, 0) is 120 Å². The number of halogens is 1. The quantitative estimate of drug-likeness (QED) is 0.112. The van der Waals surface area contributed by atoms with Gasteiger partial charge in [-0.2, -0.15) is 0 Å². The highest BCUT2D eigenvalue weighted by Gasteiger charge is 2.16. The Bertz CT molecular complexity index is 2210. The molecule has 0 radical (unpaired) electrons. The number of para-hydroxylation sites is 1. The fourth-order valence-corrected chi connectivity index (χ4v) is 6.47. The second kappa shape index (κ2) is 21.4. The second-order valence-electron chi connectivity index (χ2n) is 12.7. The largest absolute Gasteiger partial charge is 0.337 e. The summed E-state index contributed by atoms with van der Waals surface area (Å²) >= 11 is 6.44. The minimum Gasteiger partial charge on any atom is -0.337 e. The molecular formula is C49H46ClN5. The number of pyridine rings is 1. The first-order chi connectivity index (χ1) is 27.0. The predicted octanol–water partition coefficient (Wildman–Crippen LogP) is 11.8. The molecule has 5 nitrogen and oxygen atoms in total. The van der Waals surface area contributed by atoms with E-state index in [1.807, 2.05) is 66.9 Å². The van der Waals surface area contributed by atoms with Gasteiger partial charge in [0.25, 0.3) is 0 Å². The zero-order valence-corrected chi connectivity index (χ0v) is 32.0. The molecule has 1 unspecified atom stereocenters. The Labute approximate surface area is 331 Å². The number of nitrogens with zero attached hydrogens (tertiary/aromatic N) is 4. The molecule has 5 aromatic carbocycles. The molecule has 1 aromatic heterocycles. The van der Waals surface area contributed by atoms with E-state index in [2.05, 4.69) is 154 Å². The van der Waals surface area contributed by atoms with Crippen molar-refractivity contribution in [3.05, 3.63) is 203 Å². The Kier molecular flexibility index (Phi) is 15.5. The van der Waals surface area contributed by atoms with Gasteiger partial charge in [-0.15, -0.1) is 12.3 Å². The summed E-state index contributed by atoms with van der Waals surface area (Å²) in [5, 5.41) is 4.08. The van der Waals surface area contributed by atoms with E-state index in [4.69, 9.17) is 11.6 Å². The first kappa shape index (κ1) is 39.9. The lowest BCUT2D eigenvalue weighted by atomic mass is 9.97. The number of allylic oxidation sites excluding steroid dienone is 3. The van der Waals surface area contributed by atoms with Gasteiger partial charge in [-0.3, -0.25) is 20.3 Å². The number of hydrogen-bond acceptors (Lipinski definition) is 5. The van der Waals surface area contributed by atoms with E-state index < -0.39 is 0 Å². The van der Waals surface area contributed by atoms with E-state index in [-0.39, 0.29) is 6.17 Å². The van der Waals surface area contributed by atoms with E-state index in [9.17, 15) is 0 Å². The van der Waals surface area contributed by atoms with Gasteiger partial charge in [0.05, 0.1) is 12.2 Å². The molecule has 1 aliphatic rings. The molecule has 0 aliphatic carbocycles. The average Bonchev–Trinajstić information content (AvgIpc) is 3.32. The molecule has 0 amide bonds. The molecule has 2 heterocycles. The number of fused-ring (bicyclic) bond motifs is 1. The molecule has 1 atom stereocenters. The van der Waals surface area contributed by atoms with Crippen molar-refractivity contribution in [3.8, 4) is 23.5 Å². The fraction of sp³-hybridized carbons (Fsp3) is 0.122. The third-order valence-electron chi connectivity index (χ3n) is 8.75. The van der Waals surface area contributed by atoms with Crippen LogP contribution in [0.15, 0.2) is 180 Å². The summed E-state index contributed by atoms with van der Waals surface area (Å²) in [6.45, 7) is 11.0. The Balaban J connectivity index is 0.000000242. The Morgan fingerprint density at radius 3 is 2.18 bits per heavy atom. The highest BCUT2D eigenvalue weighted by molar-refractivity contribution is 6.31. The molecule has 55 heavy (non-hydrogen) atoms. The van der Waals surface area contributed by atoms with Crippen molar-refractivity contribution in [3.63, 3.8) is 0 Å². The molecule has 274 valence electrons. The van der Waals surface area contributed by atoms with Crippen molar-refractivity contribution >= 4 is 42.0 Å². The molecule has 7 rings (SSSR count). The number of aromatic nitrogens is 1.